The minimum Gasteiger partial charge on any atom is -0.421 e. The first-order valence-electron chi connectivity index (χ1n) is 10.1. The molecular formula is C23H26N4O2. The molecule has 0 saturated carbocycles. The first-order valence-corrected chi connectivity index (χ1v) is 10.1. The van der Waals surface area contributed by atoms with Crippen LogP contribution in [0.4, 0.5) is 0 Å². The molecule has 1 aliphatic heterocycles. The number of carbonyl (C=O) groups excluding carboxylic acids is 1. The summed E-state index contributed by atoms with van der Waals surface area (Å²) in [6.45, 7) is 6.39. The quantitative estimate of drug-likeness (QED) is 0.646. The van der Waals surface area contributed by atoms with Crippen LogP contribution < -0.4 is 0 Å². The van der Waals surface area contributed by atoms with Gasteiger partial charge in [-0.15, -0.1) is 10.2 Å². The summed E-state index contributed by atoms with van der Waals surface area (Å²) in [5.41, 5.74) is 3.51. The van der Waals surface area contributed by atoms with E-state index in [0.29, 0.717) is 24.6 Å². The maximum absolute atomic E-state index is 12.6. The third kappa shape index (κ3) is 5.09. The number of rotatable bonds is 6. The van der Waals surface area contributed by atoms with Crippen LogP contribution in [0.1, 0.15) is 23.4 Å². The molecule has 1 aromatic heterocycles. The number of hydrogen-bond acceptors (Lipinski definition) is 5. The van der Waals surface area contributed by atoms with E-state index in [1.807, 2.05) is 35.2 Å². The third-order valence-electron chi connectivity index (χ3n) is 5.25. The number of carbonyl (C=O) groups is 1. The summed E-state index contributed by atoms with van der Waals surface area (Å²) in [6.07, 6.45) is 0.872. The van der Waals surface area contributed by atoms with E-state index in [4.69, 9.17) is 4.42 Å². The van der Waals surface area contributed by atoms with Crippen LogP contribution in [0, 0.1) is 6.92 Å². The van der Waals surface area contributed by atoms with Gasteiger partial charge in [0.15, 0.2) is 0 Å². The van der Waals surface area contributed by atoms with Gasteiger partial charge >= 0.3 is 0 Å². The highest BCUT2D eigenvalue weighted by Gasteiger charge is 2.21. The fourth-order valence-electron chi connectivity index (χ4n) is 3.65. The topological polar surface area (TPSA) is 62.5 Å². The predicted molar refractivity (Wildman–Crippen MR) is 111 cm³/mol. The molecule has 0 N–H and O–H groups in total. The highest BCUT2D eigenvalue weighted by Crippen LogP contribution is 2.18. The van der Waals surface area contributed by atoms with E-state index in [0.717, 1.165) is 38.3 Å². The molecule has 2 aromatic carbocycles. The van der Waals surface area contributed by atoms with E-state index in [9.17, 15) is 4.79 Å². The second kappa shape index (κ2) is 9.01. The smallest absolute Gasteiger partial charge is 0.247 e. The maximum Gasteiger partial charge on any atom is 0.247 e. The maximum atomic E-state index is 12.6. The summed E-state index contributed by atoms with van der Waals surface area (Å²) in [4.78, 5) is 16.9. The van der Waals surface area contributed by atoms with Crippen LogP contribution in [0.5, 0.6) is 0 Å². The molecular weight excluding hydrogens is 364 g/mol. The average Bonchev–Trinajstić information content (AvgIpc) is 3.22. The number of aryl methyl sites for hydroxylation is 2. The zero-order chi connectivity index (χ0) is 20.1. The van der Waals surface area contributed by atoms with Gasteiger partial charge < -0.3 is 9.32 Å². The second-order valence-electron chi connectivity index (χ2n) is 7.51. The van der Waals surface area contributed by atoms with Crippen molar-refractivity contribution in [3.63, 3.8) is 0 Å². The molecule has 0 radical (unpaired) electrons. The van der Waals surface area contributed by atoms with E-state index < -0.39 is 0 Å². The molecule has 1 aliphatic rings. The van der Waals surface area contributed by atoms with Crippen LogP contribution in [0.3, 0.4) is 0 Å². The van der Waals surface area contributed by atoms with Crippen LogP contribution in [0.25, 0.3) is 11.5 Å². The molecule has 2 heterocycles. The molecule has 1 fully saturated rings. The lowest BCUT2D eigenvalue weighted by molar-refractivity contribution is -0.133. The highest BCUT2D eigenvalue weighted by atomic mass is 16.4. The van der Waals surface area contributed by atoms with Crippen molar-refractivity contribution in [1.29, 1.82) is 0 Å². The van der Waals surface area contributed by atoms with Gasteiger partial charge in [0.1, 0.15) is 0 Å². The van der Waals surface area contributed by atoms with Gasteiger partial charge in [-0.3, -0.25) is 9.69 Å². The van der Waals surface area contributed by atoms with Crippen LogP contribution in [0.2, 0.25) is 0 Å². The standard InChI is InChI=1S/C23H26N4O2/c1-18-6-5-7-19(16-18)17-26-12-14-27(15-13-26)22(28)11-10-21-24-25-23(29-21)20-8-3-2-4-9-20/h2-9,16H,10-15,17H2,1H3. The van der Waals surface area contributed by atoms with Crippen molar-refractivity contribution < 1.29 is 9.21 Å². The van der Waals surface area contributed by atoms with Crippen LogP contribution >= 0.6 is 0 Å². The number of piperazine rings is 1. The lowest BCUT2D eigenvalue weighted by atomic mass is 10.1. The van der Waals surface area contributed by atoms with Gasteiger partial charge in [0, 0.05) is 51.1 Å². The summed E-state index contributed by atoms with van der Waals surface area (Å²) < 4.78 is 5.70. The van der Waals surface area contributed by atoms with Crippen molar-refractivity contribution in [2.75, 3.05) is 26.2 Å². The molecule has 1 amide bonds. The lowest BCUT2D eigenvalue weighted by Crippen LogP contribution is -2.48. The summed E-state index contributed by atoms with van der Waals surface area (Å²) in [6, 6.07) is 18.3. The van der Waals surface area contributed by atoms with Gasteiger partial charge in [0.2, 0.25) is 17.7 Å². The molecule has 6 heteroatoms. The van der Waals surface area contributed by atoms with Crippen LogP contribution in [-0.4, -0.2) is 52.1 Å². The number of amides is 1. The van der Waals surface area contributed by atoms with Crippen molar-refractivity contribution in [1.82, 2.24) is 20.0 Å². The Morgan fingerprint density at radius 2 is 1.79 bits per heavy atom. The van der Waals surface area contributed by atoms with Gasteiger partial charge in [-0.1, -0.05) is 48.0 Å². The first kappa shape index (κ1) is 19.3. The summed E-state index contributed by atoms with van der Waals surface area (Å²) in [5.74, 6) is 1.16. The molecule has 0 unspecified atom stereocenters. The number of benzene rings is 2. The van der Waals surface area contributed by atoms with Gasteiger partial charge in [0.25, 0.3) is 0 Å². The van der Waals surface area contributed by atoms with Gasteiger partial charge in [0.05, 0.1) is 0 Å². The van der Waals surface area contributed by atoms with E-state index >= 15 is 0 Å². The molecule has 0 atom stereocenters. The molecule has 4 rings (SSSR count). The largest absolute Gasteiger partial charge is 0.421 e. The van der Waals surface area contributed by atoms with E-state index in [1.165, 1.54) is 11.1 Å². The number of aromatic nitrogens is 2. The Morgan fingerprint density at radius 3 is 2.55 bits per heavy atom. The molecule has 29 heavy (non-hydrogen) atoms. The van der Waals surface area contributed by atoms with Gasteiger partial charge in [-0.05, 0) is 24.6 Å². The average molecular weight is 390 g/mol. The van der Waals surface area contributed by atoms with Gasteiger partial charge in [-0.2, -0.15) is 0 Å². The van der Waals surface area contributed by atoms with E-state index in [-0.39, 0.29) is 5.91 Å². The lowest BCUT2D eigenvalue weighted by Gasteiger charge is -2.34. The molecule has 0 bridgehead atoms. The number of nitrogens with zero attached hydrogens (tertiary/aromatic N) is 4. The van der Waals surface area contributed by atoms with E-state index in [2.05, 4.69) is 46.3 Å². The molecule has 1 saturated heterocycles. The van der Waals surface area contributed by atoms with Gasteiger partial charge in [-0.25, -0.2) is 0 Å². The van der Waals surface area contributed by atoms with E-state index in [1.54, 1.807) is 0 Å². The Hall–Kier alpha value is -2.99. The molecule has 0 aliphatic carbocycles. The minimum atomic E-state index is 0.152. The predicted octanol–water partition coefficient (Wildman–Crippen LogP) is 3.32. The summed E-state index contributed by atoms with van der Waals surface area (Å²) >= 11 is 0. The minimum absolute atomic E-state index is 0.152. The fraction of sp³-hybridized carbons (Fsp3) is 0.348. The number of hydrogen-bond donors (Lipinski definition) is 0. The van der Waals surface area contributed by atoms with Crippen molar-refractivity contribution >= 4 is 5.91 Å². The van der Waals surface area contributed by atoms with Crippen molar-refractivity contribution in [3.8, 4) is 11.5 Å². The van der Waals surface area contributed by atoms with Crippen LogP contribution in [-0.2, 0) is 17.8 Å². The Balaban J connectivity index is 1.24. The Bertz CT molecular complexity index is 946. The summed E-state index contributed by atoms with van der Waals surface area (Å²) in [7, 11) is 0. The second-order valence-corrected chi connectivity index (χ2v) is 7.51. The summed E-state index contributed by atoms with van der Waals surface area (Å²) in [5, 5.41) is 8.16. The molecule has 0 spiro atoms. The Kier molecular flexibility index (Phi) is 6.00. The van der Waals surface area contributed by atoms with Crippen molar-refractivity contribution in [3.05, 3.63) is 71.6 Å². The third-order valence-corrected chi connectivity index (χ3v) is 5.25. The zero-order valence-corrected chi connectivity index (χ0v) is 16.8. The SMILES string of the molecule is Cc1cccc(CN2CCN(C(=O)CCc3nnc(-c4ccccc4)o3)CC2)c1. The zero-order valence-electron chi connectivity index (χ0n) is 16.8. The Morgan fingerprint density at radius 1 is 1.00 bits per heavy atom. The highest BCUT2D eigenvalue weighted by molar-refractivity contribution is 5.76. The normalized spacial score (nSPS) is 14.9. The molecule has 150 valence electrons. The molecule has 3 aromatic rings. The Labute approximate surface area is 171 Å². The van der Waals surface area contributed by atoms with Crippen molar-refractivity contribution in [2.24, 2.45) is 0 Å². The molecule has 6 nitrogen and oxygen atoms in total. The fourth-order valence-corrected chi connectivity index (χ4v) is 3.65. The monoisotopic (exact) mass is 390 g/mol. The van der Waals surface area contributed by atoms with Crippen LogP contribution in [0.15, 0.2) is 59.0 Å². The first-order chi connectivity index (χ1) is 14.2. The van der Waals surface area contributed by atoms with Crippen molar-refractivity contribution in [2.45, 2.75) is 26.3 Å².